The number of hydrogen-bond acceptors (Lipinski definition) is 5. The molecule has 0 radical (unpaired) electrons. The van der Waals surface area contributed by atoms with E-state index in [1.807, 2.05) is 23.1 Å². The van der Waals surface area contributed by atoms with Gasteiger partial charge in [0.15, 0.2) is 11.5 Å². The highest BCUT2D eigenvalue weighted by atomic mass is 16.6. The average Bonchev–Trinajstić information content (AvgIpc) is 2.55. The Morgan fingerprint density at radius 1 is 1.24 bits per heavy atom. The van der Waals surface area contributed by atoms with Crippen molar-refractivity contribution >= 4 is 5.91 Å². The van der Waals surface area contributed by atoms with Gasteiger partial charge in [0, 0.05) is 26.2 Å². The van der Waals surface area contributed by atoms with Gasteiger partial charge in [-0.2, -0.15) is 5.26 Å². The maximum absolute atomic E-state index is 12.5. The van der Waals surface area contributed by atoms with E-state index in [0.717, 1.165) is 13.1 Å². The van der Waals surface area contributed by atoms with Gasteiger partial charge in [0.25, 0.3) is 5.91 Å². The Bertz CT molecular complexity index is 562. The first-order valence-corrected chi connectivity index (χ1v) is 7.04. The molecule has 0 N–H and O–H groups in total. The van der Waals surface area contributed by atoms with Crippen molar-refractivity contribution < 1.29 is 14.3 Å². The fourth-order valence-corrected chi connectivity index (χ4v) is 2.57. The number of carbonyl (C=O) groups excluding carboxylic acids is 1. The van der Waals surface area contributed by atoms with Gasteiger partial charge in [0.1, 0.15) is 6.61 Å². The molecule has 2 heterocycles. The largest absolute Gasteiger partial charge is 0.485 e. The summed E-state index contributed by atoms with van der Waals surface area (Å²) in [6.07, 6.45) is -0.581. The van der Waals surface area contributed by atoms with Crippen LogP contribution in [0, 0.1) is 11.3 Å². The zero-order valence-corrected chi connectivity index (χ0v) is 11.7. The summed E-state index contributed by atoms with van der Waals surface area (Å²) in [6.45, 7) is 3.36. The van der Waals surface area contributed by atoms with Crippen LogP contribution < -0.4 is 9.47 Å². The van der Waals surface area contributed by atoms with E-state index in [-0.39, 0.29) is 12.5 Å². The van der Waals surface area contributed by atoms with Crippen molar-refractivity contribution in [2.24, 2.45) is 0 Å². The van der Waals surface area contributed by atoms with Crippen molar-refractivity contribution in [3.8, 4) is 17.6 Å². The van der Waals surface area contributed by atoms with E-state index in [0.29, 0.717) is 31.1 Å². The van der Waals surface area contributed by atoms with E-state index in [9.17, 15) is 4.79 Å². The lowest BCUT2D eigenvalue weighted by Gasteiger charge is -2.36. The van der Waals surface area contributed by atoms with Crippen molar-refractivity contribution in [1.82, 2.24) is 9.80 Å². The number of para-hydroxylation sites is 2. The summed E-state index contributed by atoms with van der Waals surface area (Å²) in [4.78, 5) is 16.3. The monoisotopic (exact) mass is 287 g/mol. The zero-order valence-electron chi connectivity index (χ0n) is 11.7. The summed E-state index contributed by atoms with van der Waals surface area (Å²) in [5, 5.41) is 8.68. The molecular formula is C15H17N3O3. The Morgan fingerprint density at radius 2 is 1.95 bits per heavy atom. The molecule has 0 unspecified atom stereocenters. The molecule has 6 heteroatoms. The van der Waals surface area contributed by atoms with Crippen LogP contribution in [0.1, 0.15) is 0 Å². The molecular weight excluding hydrogens is 270 g/mol. The van der Waals surface area contributed by atoms with Gasteiger partial charge in [-0.05, 0) is 12.1 Å². The van der Waals surface area contributed by atoms with Crippen LogP contribution in [0.25, 0.3) is 0 Å². The molecule has 1 atom stereocenters. The van der Waals surface area contributed by atoms with Gasteiger partial charge < -0.3 is 14.4 Å². The molecule has 110 valence electrons. The quantitative estimate of drug-likeness (QED) is 0.741. The molecule has 0 bridgehead atoms. The molecule has 0 aliphatic carbocycles. The lowest BCUT2D eigenvalue weighted by molar-refractivity contribution is -0.142. The van der Waals surface area contributed by atoms with Crippen LogP contribution in [0.2, 0.25) is 0 Å². The average molecular weight is 287 g/mol. The Morgan fingerprint density at radius 3 is 2.67 bits per heavy atom. The molecule has 1 aromatic rings. The number of carbonyl (C=O) groups is 1. The van der Waals surface area contributed by atoms with Crippen LogP contribution in [-0.2, 0) is 4.79 Å². The highest BCUT2D eigenvalue weighted by Crippen LogP contribution is 2.31. The van der Waals surface area contributed by atoms with Gasteiger partial charge in [-0.15, -0.1) is 0 Å². The van der Waals surface area contributed by atoms with Crippen LogP contribution in [0.15, 0.2) is 24.3 Å². The maximum Gasteiger partial charge on any atom is 0.267 e. The first-order chi connectivity index (χ1) is 10.3. The summed E-state index contributed by atoms with van der Waals surface area (Å²) in [5.41, 5.74) is 0. The normalized spacial score (nSPS) is 21.7. The summed E-state index contributed by atoms with van der Waals surface area (Å²) >= 11 is 0. The molecule has 1 fully saturated rings. The fraction of sp³-hybridized carbons (Fsp3) is 0.467. The lowest BCUT2D eigenvalue weighted by Crippen LogP contribution is -2.54. The summed E-state index contributed by atoms with van der Waals surface area (Å²) in [6, 6.07) is 9.50. The van der Waals surface area contributed by atoms with Gasteiger partial charge in [-0.25, -0.2) is 0 Å². The van der Waals surface area contributed by atoms with Crippen molar-refractivity contribution in [3.63, 3.8) is 0 Å². The van der Waals surface area contributed by atoms with Gasteiger partial charge in [-0.3, -0.25) is 9.69 Å². The molecule has 6 nitrogen and oxygen atoms in total. The number of amides is 1. The molecule has 21 heavy (non-hydrogen) atoms. The van der Waals surface area contributed by atoms with Crippen molar-refractivity contribution in [2.75, 3.05) is 39.3 Å². The van der Waals surface area contributed by atoms with E-state index >= 15 is 0 Å². The van der Waals surface area contributed by atoms with E-state index in [4.69, 9.17) is 14.7 Å². The number of benzene rings is 1. The van der Waals surface area contributed by atoms with E-state index < -0.39 is 6.10 Å². The maximum atomic E-state index is 12.5. The molecule has 1 saturated heterocycles. The second-order valence-corrected chi connectivity index (χ2v) is 5.12. The van der Waals surface area contributed by atoms with E-state index in [1.165, 1.54) is 0 Å². The predicted molar refractivity (Wildman–Crippen MR) is 75.0 cm³/mol. The smallest absolute Gasteiger partial charge is 0.267 e. The Hall–Kier alpha value is -2.26. The highest BCUT2D eigenvalue weighted by molar-refractivity contribution is 5.82. The SMILES string of the molecule is N#CCN1CCN(C(=O)[C@@H]2COc3ccccc3O2)CC1. The number of nitriles is 1. The van der Waals surface area contributed by atoms with Gasteiger partial charge in [0.2, 0.25) is 6.10 Å². The molecule has 2 aliphatic rings. The number of rotatable bonds is 2. The van der Waals surface area contributed by atoms with Crippen molar-refractivity contribution in [3.05, 3.63) is 24.3 Å². The van der Waals surface area contributed by atoms with Gasteiger partial charge in [-0.1, -0.05) is 12.1 Å². The van der Waals surface area contributed by atoms with E-state index in [2.05, 4.69) is 6.07 Å². The second-order valence-electron chi connectivity index (χ2n) is 5.12. The fourth-order valence-electron chi connectivity index (χ4n) is 2.57. The van der Waals surface area contributed by atoms with Crippen LogP contribution in [-0.4, -0.2) is 61.1 Å². The highest BCUT2D eigenvalue weighted by Gasteiger charge is 2.32. The Kier molecular flexibility index (Phi) is 3.93. The summed E-state index contributed by atoms with van der Waals surface area (Å²) < 4.78 is 11.3. The van der Waals surface area contributed by atoms with Crippen LogP contribution in [0.5, 0.6) is 11.5 Å². The molecule has 0 aromatic heterocycles. The standard InChI is InChI=1S/C15H17N3O3/c16-5-6-17-7-9-18(10-8-17)15(19)14-11-20-12-3-1-2-4-13(12)21-14/h1-4,14H,6-11H2/t14-/m0/s1. The third kappa shape index (κ3) is 2.93. The molecule has 1 aromatic carbocycles. The molecule has 0 saturated carbocycles. The third-order valence-electron chi connectivity index (χ3n) is 3.76. The predicted octanol–water partition coefficient (Wildman–Crippen LogP) is 0.494. The minimum Gasteiger partial charge on any atom is -0.485 e. The Labute approximate surface area is 123 Å². The molecule has 0 spiro atoms. The first-order valence-electron chi connectivity index (χ1n) is 7.04. The molecule has 3 rings (SSSR count). The molecule has 2 aliphatic heterocycles. The van der Waals surface area contributed by atoms with Crippen molar-refractivity contribution in [2.45, 2.75) is 6.10 Å². The Balaban J connectivity index is 1.59. The first kappa shape index (κ1) is 13.7. The van der Waals surface area contributed by atoms with Crippen LogP contribution >= 0.6 is 0 Å². The summed E-state index contributed by atoms with van der Waals surface area (Å²) in [5.74, 6) is 1.26. The number of fused-ring (bicyclic) bond motifs is 1. The van der Waals surface area contributed by atoms with E-state index in [1.54, 1.807) is 11.0 Å². The minimum absolute atomic E-state index is 0.0406. The lowest BCUT2D eigenvalue weighted by atomic mass is 10.2. The number of nitrogens with zero attached hydrogens (tertiary/aromatic N) is 3. The molecule has 1 amide bonds. The number of piperazine rings is 1. The van der Waals surface area contributed by atoms with Gasteiger partial charge >= 0.3 is 0 Å². The number of ether oxygens (including phenoxy) is 2. The second kappa shape index (κ2) is 6.02. The van der Waals surface area contributed by atoms with Crippen LogP contribution in [0.3, 0.4) is 0 Å². The summed E-state index contributed by atoms with van der Waals surface area (Å²) in [7, 11) is 0. The van der Waals surface area contributed by atoms with Crippen molar-refractivity contribution in [1.29, 1.82) is 5.26 Å². The van der Waals surface area contributed by atoms with Crippen LogP contribution in [0.4, 0.5) is 0 Å². The minimum atomic E-state index is -0.581. The third-order valence-corrected chi connectivity index (χ3v) is 3.76. The number of hydrogen-bond donors (Lipinski definition) is 0. The topological polar surface area (TPSA) is 65.8 Å². The zero-order chi connectivity index (χ0) is 14.7. The van der Waals surface area contributed by atoms with Gasteiger partial charge in [0.05, 0.1) is 12.6 Å².